The molecule has 15 heavy (non-hydrogen) atoms. The molecule has 0 aromatic rings. The SMILES string of the molecule is CCC(COC)NC(N)=NC1CCCC1. The van der Waals surface area contributed by atoms with Gasteiger partial charge in [0.05, 0.1) is 18.7 Å². The molecule has 0 saturated heterocycles. The zero-order valence-electron chi connectivity index (χ0n) is 9.83. The number of aliphatic imine (C=N–C) groups is 1. The first-order valence-electron chi connectivity index (χ1n) is 5.85. The summed E-state index contributed by atoms with van der Waals surface area (Å²) in [4.78, 5) is 4.47. The lowest BCUT2D eigenvalue weighted by Crippen LogP contribution is -2.42. The van der Waals surface area contributed by atoms with E-state index >= 15 is 0 Å². The smallest absolute Gasteiger partial charge is 0.189 e. The molecule has 0 aromatic heterocycles. The van der Waals surface area contributed by atoms with E-state index in [0.29, 0.717) is 18.6 Å². The summed E-state index contributed by atoms with van der Waals surface area (Å²) in [5, 5.41) is 3.20. The van der Waals surface area contributed by atoms with Crippen LogP contribution in [0.4, 0.5) is 0 Å². The highest BCUT2D eigenvalue weighted by atomic mass is 16.5. The predicted octanol–water partition coefficient (Wildman–Crippen LogP) is 1.26. The second kappa shape index (κ2) is 6.67. The van der Waals surface area contributed by atoms with Crippen molar-refractivity contribution < 1.29 is 4.74 Å². The summed E-state index contributed by atoms with van der Waals surface area (Å²) in [5.41, 5.74) is 5.84. The summed E-state index contributed by atoms with van der Waals surface area (Å²) in [7, 11) is 1.70. The van der Waals surface area contributed by atoms with Gasteiger partial charge in [-0.05, 0) is 19.3 Å². The molecule has 1 aliphatic carbocycles. The van der Waals surface area contributed by atoms with Crippen molar-refractivity contribution in [2.75, 3.05) is 13.7 Å². The summed E-state index contributed by atoms with van der Waals surface area (Å²) < 4.78 is 5.09. The molecule has 1 rings (SSSR count). The van der Waals surface area contributed by atoms with Crippen LogP contribution >= 0.6 is 0 Å². The number of nitrogens with one attached hydrogen (secondary N) is 1. The fourth-order valence-electron chi connectivity index (χ4n) is 1.94. The number of hydrogen-bond acceptors (Lipinski definition) is 2. The standard InChI is InChI=1S/C11H23N3O/c1-3-9(8-15-2)13-11(12)14-10-6-4-5-7-10/h9-10H,3-8H2,1-2H3,(H3,12,13,14). The molecular formula is C11H23N3O. The zero-order chi connectivity index (χ0) is 11.1. The van der Waals surface area contributed by atoms with E-state index < -0.39 is 0 Å². The third-order valence-electron chi connectivity index (χ3n) is 2.86. The Morgan fingerprint density at radius 1 is 1.53 bits per heavy atom. The molecule has 0 heterocycles. The normalized spacial score (nSPS) is 20.5. The van der Waals surface area contributed by atoms with E-state index in [9.17, 15) is 0 Å². The number of ether oxygens (including phenoxy) is 1. The largest absolute Gasteiger partial charge is 0.383 e. The van der Waals surface area contributed by atoms with Crippen molar-refractivity contribution in [3.8, 4) is 0 Å². The van der Waals surface area contributed by atoms with Crippen LogP contribution in [0.2, 0.25) is 0 Å². The van der Waals surface area contributed by atoms with E-state index in [4.69, 9.17) is 10.5 Å². The number of nitrogens with two attached hydrogens (primary N) is 1. The molecule has 0 radical (unpaired) electrons. The number of methoxy groups -OCH3 is 1. The van der Waals surface area contributed by atoms with Crippen LogP contribution in [-0.2, 0) is 4.74 Å². The Morgan fingerprint density at radius 3 is 2.73 bits per heavy atom. The maximum Gasteiger partial charge on any atom is 0.189 e. The Labute approximate surface area is 92.3 Å². The van der Waals surface area contributed by atoms with Crippen LogP contribution < -0.4 is 11.1 Å². The van der Waals surface area contributed by atoms with E-state index in [1.165, 1.54) is 25.7 Å². The van der Waals surface area contributed by atoms with Crippen molar-refractivity contribution in [1.29, 1.82) is 0 Å². The Bertz CT molecular complexity index is 200. The predicted molar refractivity (Wildman–Crippen MR) is 63.0 cm³/mol. The van der Waals surface area contributed by atoms with Crippen molar-refractivity contribution in [3.63, 3.8) is 0 Å². The molecule has 1 aliphatic rings. The average Bonchev–Trinajstić information content (AvgIpc) is 2.69. The van der Waals surface area contributed by atoms with Gasteiger partial charge in [-0.3, -0.25) is 4.99 Å². The van der Waals surface area contributed by atoms with Crippen molar-refractivity contribution in [3.05, 3.63) is 0 Å². The van der Waals surface area contributed by atoms with Gasteiger partial charge in [0.25, 0.3) is 0 Å². The molecule has 0 aromatic carbocycles. The van der Waals surface area contributed by atoms with Crippen LogP contribution in [0.25, 0.3) is 0 Å². The molecule has 1 unspecified atom stereocenters. The second-order valence-corrected chi connectivity index (χ2v) is 4.16. The second-order valence-electron chi connectivity index (χ2n) is 4.16. The molecule has 3 N–H and O–H groups in total. The molecule has 4 nitrogen and oxygen atoms in total. The summed E-state index contributed by atoms with van der Waals surface area (Å²) in [6.07, 6.45) is 5.94. The summed E-state index contributed by atoms with van der Waals surface area (Å²) in [5.74, 6) is 0.575. The lowest BCUT2D eigenvalue weighted by Gasteiger charge is -2.17. The Morgan fingerprint density at radius 2 is 2.20 bits per heavy atom. The molecule has 4 heteroatoms. The van der Waals surface area contributed by atoms with Gasteiger partial charge in [-0.25, -0.2) is 0 Å². The summed E-state index contributed by atoms with van der Waals surface area (Å²) in [6, 6.07) is 0.720. The van der Waals surface area contributed by atoms with Crippen LogP contribution in [0.1, 0.15) is 39.0 Å². The Kier molecular flexibility index (Phi) is 5.47. The first-order valence-corrected chi connectivity index (χ1v) is 5.85. The topological polar surface area (TPSA) is 59.6 Å². The van der Waals surface area contributed by atoms with Gasteiger partial charge in [-0.15, -0.1) is 0 Å². The van der Waals surface area contributed by atoms with Gasteiger partial charge < -0.3 is 15.8 Å². The molecule has 0 bridgehead atoms. The van der Waals surface area contributed by atoms with E-state index in [2.05, 4.69) is 17.2 Å². The highest BCUT2D eigenvalue weighted by Gasteiger charge is 2.14. The number of nitrogens with zero attached hydrogens (tertiary/aromatic N) is 1. The van der Waals surface area contributed by atoms with Crippen molar-refractivity contribution in [2.24, 2.45) is 10.7 Å². The van der Waals surface area contributed by atoms with Crippen molar-refractivity contribution >= 4 is 5.96 Å². The lowest BCUT2D eigenvalue weighted by molar-refractivity contribution is 0.172. The minimum atomic E-state index is 0.278. The quantitative estimate of drug-likeness (QED) is 0.534. The third kappa shape index (κ3) is 4.51. The van der Waals surface area contributed by atoms with Crippen LogP contribution in [0.5, 0.6) is 0 Å². The van der Waals surface area contributed by atoms with Crippen LogP contribution in [0.3, 0.4) is 0 Å². The number of guanidine groups is 1. The third-order valence-corrected chi connectivity index (χ3v) is 2.86. The minimum absolute atomic E-state index is 0.278. The van der Waals surface area contributed by atoms with Gasteiger partial charge in [0, 0.05) is 7.11 Å². The molecule has 88 valence electrons. The number of hydrogen-bond donors (Lipinski definition) is 2. The first kappa shape index (κ1) is 12.3. The van der Waals surface area contributed by atoms with E-state index in [-0.39, 0.29) is 6.04 Å². The number of rotatable bonds is 5. The Balaban J connectivity index is 2.34. The minimum Gasteiger partial charge on any atom is -0.383 e. The lowest BCUT2D eigenvalue weighted by atomic mass is 10.2. The first-order chi connectivity index (χ1) is 7.26. The van der Waals surface area contributed by atoms with Gasteiger partial charge in [-0.2, -0.15) is 0 Å². The summed E-state index contributed by atoms with van der Waals surface area (Å²) in [6.45, 7) is 2.79. The van der Waals surface area contributed by atoms with E-state index in [1.54, 1.807) is 7.11 Å². The fourth-order valence-corrected chi connectivity index (χ4v) is 1.94. The summed E-state index contributed by atoms with van der Waals surface area (Å²) >= 11 is 0. The van der Waals surface area contributed by atoms with Gasteiger partial charge in [0.2, 0.25) is 0 Å². The fraction of sp³-hybridized carbons (Fsp3) is 0.909. The maximum absolute atomic E-state index is 5.84. The molecule has 1 fully saturated rings. The van der Waals surface area contributed by atoms with Gasteiger partial charge in [0.15, 0.2) is 5.96 Å². The average molecular weight is 213 g/mol. The van der Waals surface area contributed by atoms with E-state index in [1.807, 2.05) is 0 Å². The molecule has 0 amide bonds. The maximum atomic E-state index is 5.84. The van der Waals surface area contributed by atoms with Crippen molar-refractivity contribution in [1.82, 2.24) is 5.32 Å². The highest BCUT2D eigenvalue weighted by molar-refractivity contribution is 5.78. The van der Waals surface area contributed by atoms with Crippen LogP contribution in [0, 0.1) is 0 Å². The molecule has 0 aliphatic heterocycles. The monoisotopic (exact) mass is 213 g/mol. The molecule has 1 saturated carbocycles. The molecular weight excluding hydrogens is 190 g/mol. The van der Waals surface area contributed by atoms with Crippen LogP contribution in [-0.4, -0.2) is 31.8 Å². The van der Waals surface area contributed by atoms with E-state index in [0.717, 1.165) is 6.42 Å². The van der Waals surface area contributed by atoms with Gasteiger partial charge >= 0.3 is 0 Å². The van der Waals surface area contributed by atoms with Gasteiger partial charge in [-0.1, -0.05) is 19.8 Å². The van der Waals surface area contributed by atoms with Gasteiger partial charge in [0.1, 0.15) is 0 Å². The molecule has 1 atom stereocenters. The van der Waals surface area contributed by atoms with Crippen molar-refractivity contribution in [2.45, 2.75) is 51.1 Å². The van der Waals surface area contributed by atoms with Crippen LogP contribution in [0.15, 0.2) is 4.99 Å². The Hall–Kier alpha value is -0.770. The molecule has 0 spiro atoms. The highest BCUT2D eigenvalue weighted by Crippen LogP contribution is 2.20. The zero-order valence-corrected chi connectivity index (χ0v) is 9.83.